The number of H-pyrrole nitrogens is 2. The average Bonchev–Trinajstić information content (AvgIpc) is 3.34. The zero-order valence-corrected chi connectivity index (χ0v) is 15.5. The Morgan fingerprint density at radius 2 is 1.96 bits per heavy atom. The Bertz CT molecular complexity index is 1200. The molecule has 28 heavy (non-hydrogen) atoms. The molecule has 0 spiro atoms. The lowest BCUT2D eigenvalue weighted by atomic mass is 10.1. The molecule has 0 saturated heterocycles. The second-order valence-electron chi connectivity index (χ2n) is 6.95. The van der Waals surface area contributed by atoms with Gasteiger partial charge in [-0.15, -0.1) is 0 Å². The maximum atomic E-state index is 4.65. The fourth-order valence-corrected chi connectivity index (χ4v) is 3.46. The van der Waals surface area contributed by atoms with E-state index in [2.05, 4.69) is 49.3 Å². The molecule has 0 amide bonds. The third-order valence-electron chi connectivity index (χ3n) is 4.94. The zero-order chi connectivity index (χ0) is 18.9. The van der Waals surface area contributed by atoms with E-state index >= 15 is 0 Å². The fourth-order valence-electron chi connectivity index (χ4n) is 3.46. The topological polar surface area (TPSA) is 82.3 Å². The van der Waals surface area contributed by atoms with Crippen molar-refractivity contribution < 1.29 is 0 Å². The van der Waals surface area contributed by atoms with E-state index < -0.39 is 0 Å². The van der Waals surface area contributed by atoms with E-state index in [4.69, 9.17) is 0 Å². The van der Waals surface area contributed by atoms with Gasteiger partial charge in [0.05, 0.1) is 17.1 Å². The van der Waals surface area contributed by atoms with Crippen molar-refractivity contribution in [1.82, 2.24) is 24.9 Å². The van der Waals surface area contributed by atoms with Crippen LogP contribution in [0, 0.1) is 0 Å². The van der Waals surface area contributed by atoms with E-state index in [1.165, 1.54) is 5.56 Å². The molecule has 1 atom stereocenters. The van der Waals surface area contributed by atoms with Crippen molar-refractivity contribution in [2.45, 2.75) is 19.4 Å². The van der Waals surface area contributed by atoms with Gasteiger partial charge in [0.25, 0.3) is 0 Å². The van der Waals surface area contributed by atoms with Crippen molar-refractivity contribution in [2.75, 3.05) is 5.32 Å². The lowest BCUT2D eigenvalue weighted by Crippen LogP contribution is -2.09. The number of anilines is 1. The van der Waals surface area contributed by atoms with E-state index in [0.717, 1.165) is 45.7 Å². The standard InChI is InChI=1S/C22H20N6/c1-14(21-27-18-6-2-3-7-19(18)28-21)26-20-9-8-15(12-24-20)11-16-13-25-22-17(16)5-4-10-23-22/h2-10,12-14H,11H2,1H3,(H,23,25)(H,24,26)(H,27,28). The molecule has 1 aromatic carbocycles. The van der Waals surface area contributed by atoms with Crippen molar-refractivity contribution in [1.29, 1.82) is 0 Å². The summed E-state index contributed by atoms with van der Waals surface area (Å²) in [6, 6.07) is 16.3. The molecule has 5 rings (SSSR count). The zero-order valence-electron chi connectivity index (χ0n) is 15.5. The normalized spacial score (nSPS) is 12.5. The Morgan fingerprint density at radius 1 is 1.04 bits per heavy atom. The van der Waals surface area contributed by atoms with Crippen LogP contribution in [0.4, 0.5) is 5.82 Å². The summed E-state index contributed by atoms with van der Waals surface area (Å²) < 4.78 is 0. The Hall–Kier alpha value is -3.67. The second-order valence-corrected chi connectivity index (χ2v) is 6.95. The van der Waals surface area contributed by atoms with Crippen molar-refractivity contribution in [3.05, 3.63) is 84.1 Å². The monoisotopic (exact) mass is 368 g/mol. The van der Waals surface area contributed by atoms with Crippen LogP contribution >= 0.6 is 0 Å². The summed E-state index contributed by atoms with van der Waals surface area (Å²) in [5.74, 6) is 1.73. The van der Waals surface area contributed by atoms with Crippen LogP contribution in [0.3, 0.4) is 0 Å². The maximum absolute atomic E-state index is 4.65. The number of aromatic amines is 2. The highest BCUT2D eigenvalue weighted by atomic mass is 15.1. The minimum Gasteiger partial charge on any atom is -0.360 e. The third-order valence-corrected chi connectivity index (χ3v) is 4.94. The first-order valence-corrected chi connectivity index (χ1v) is 9.33. The predicted octanol–water partition coefficient (Wildman–Crippen LogP) is 4.60. The number of benzene rings is 1. The van der Waals surface area contributed by atoms with Crippen molar-refractivity contribution in [3.63, 3.8) is 0 Å². The van der Waals surface area contributed by atoms with Crippen molar-refractivity contribution in [2.24, 2.45) is 0 Å². The molecule has 0 bridgehead atoms. The molecule has 0 aliphatic rings. The van der Waals surface area contributed by atoms with Crippen LogP contribution in [0.25, 0.3) is 22.1 Å². The molecular weight excluding hydrogens is 348 g/mol. The molecule has 6 nitrogen and oxygen atoms in total. The van der Waals surface area contributed by atoms with Gasteiger partial charge in [-0.3, -0.25) is 0 Å². The molecule has 5 aromatic rings. The summed E-state index contributed by atoms with van der Waals surface area (Å²) in [5.41, 5.74) is 5.32. The van der Waals surface area contributed by atoms with E-state index in [0.29, 0.717) is 0 Å². The van der Waals surface area contributed by atoms with Crippen LogP contribution in [0.1, 0.15) is 29.9 Å². The molecule has 6 heteroatoms. The van der Waals surface area contributed by atoms with E-state index in [1.807, 2.05) is 48.8 Å². The SMILES string of the molecule is CC(Nc1ccc(Cc2c[nH]c3ncccc23)cn1)c1nc2ccccc2[nH]1. The number of fused-ring (bicyclic) bond motifs is 2. The summed E-state index contributed by atoms with van der Waals surface area (Å²) >= 11 is 0. The Labute approximate surface area is 162 Å². The van der Waals surface area contributed by atoms with Crippen molar-refractivity contribution >= 4 is 27.9 Å². The number of imidazole rings is 1. The van der Waals surface area contributed by atoms with E-state index in [-0.39, 0.29) is 6.04 Å². The lowest BCUT2D eigenvalue weighted by molar-refractivity contribution is 0.808. The molecule has 0 aliphatic heterocycles. The van der Waals surface area contributed by atoms with Gasteiger partial charge in [0.15, 0.2) is 0 Å². The van der Waals surface area contributed by atoms with Crippen LogP contribution in [0.2, 0.25) is 0 Å². The van der Waals surface area contributed by atoms with Crippen LogP contribution in [-0.4, -0.2) is 24.9 Å². The number of hydrogen-bond donors (Lipinski definition) is 3. The van der Waals surface area contributed by atoms with Gasteiger partial charge in [-0.05, 0) is 48.4 Å². The number of nitrogens with one attached hydrogen (secondary N) is 3. The molecule has 4 heterocycles. The maximum Gasteiger partial charge on any atom is 0.137 e. The predicted molar refractivity (Wildman–Crippen MR) is 111 cm³/mol. The minimum absolute atomic E-state index is 0.0328. The second kappa shape index (κ2) is 6.81. The van der Waals surface area contributed by atoms with Crippen molar-refractivity contribution in [3.8, 4) is 0 Å². The molecule has 138 valence electrons. The highest BCUT2D eigenvalue weighted by Gasteiger charge is 2.11. The number of hydrogen-bond acceptors (Lipinski definition) is 4. The summed E-state index contributed by atoms with van der Waals surface area (Å²) in [6.07, 6.45) is 6.56. The minimum atomic E-state index is 0.0328. The summed E-state index contributed by atoms with van der Waals surface area (Å²) in [6.45, 7) is 2.08. The van der Waals surface area contributed by atoms with Crippen LogP contribution in [-0.2, 0) is 6.42 Å². The first kappa shape index (κ1) is 16.5. The van der Waals surface area contributed by atoms with Gasteiger partial charge in [0.2, 0.25) is 0 Å². The molecule has 0 aliphatic carbocycles. The Kier molecular flexibility index (Phi) is 4.01. The first-order chi connectivity index (χ1) is 13.8. The van der Waals surface area contributed by atoms with Gasteiger partial charge in [-0.25, -0.2) is 15.0 Å². The van der Waals surface area contributed by atoms with Crippen LogP contribution < -0.4 is 5.32 Å². The molecule has 3 N–H and O–H groups in total. The van der Waals surface area contributed by atoms with Gasteiger partial charge in [-0.2, -0.15) is 0 Å². The van der Waals surface area contributed by atoms with E-state index in [1.54, 1.807) is 6.20 Å². The molecule has 4 aromatic heterocycles. The largest absolute Gasteiger partial charge is 0.360 e. The van der Waals surface area contributed by atoms with Gasteiger partial charge in [0, 0.05) is 30.4 Å². The number of nitrogens with zero attached hydrogens (tertiary/aromatic N) is 3. The lowest BCUT2D eigenvalue weighted by Gasteiger charge is -2.12. The van der Waals surface area contributed by atoms with Gasteiger partial charge in [0.1, 0.15) is 17.3 Å². The number of rotatable bonds is 5. The summed E-state index contributed by atoms with van der Waals surface area (Å²) in [7, 11) is 0. The highest BCUT2D eigenvalue weighted by molar-refractivity contribution is 5.79. The molecule has 0 radical (unpaired) electrons. The first-order valence-electron chi connectivity index (χ1n) is 9.33. The number of para-hydroxylation sites is 2. The molecule has 0 fully saturated rings. The van der Waals surface area contributed by atoms with Gasteiger partial charge in [-0.1, -0.05) is 18.2 Å². The summed E-state index contributed by atoms with van der Waals surface area (Å²) in [5, 5.41) is 4.57. The number of pyridine rings is 2. The molecule has 1 unspecified atom stereocenters. The van der Waals surface area contributed by atoms with Gasteiger partial charge < -0.3 is 15.3 Å². The Balaban J connectivity index is 1.30. The highest BCUT2D eigenvalue weighted by Crippen LogP contribution is 2.21. The van der Waals surface area contributed by atoms with E-state index in [9.17, 15) is 0 Å². The summed E-state index contributed by atoms with van der Waals surface area (Å²) in [4.78, 5) is 20.2. The van der Waals surface area contributed by atoms with Crippen LogP contribution in [0.5, 0.6) is 0 Å². The molecular formula is C22H20N6. The molecule has 0 saturated carbocycles. The van der Waals surface area contributed by atoms with Gasteiger partial charge >= 0.3 is 0 Å². The quantitative estimate of drug-likeness (QED) is 0.423. The number of aromatic nitrogens is 5. The Morgan fingerprint density at radius 3 is 2.82 bits per heavy atom. The smallest absolute Gasteiger partial charge is 0.137 e. The third kappa shape index (κ3) is 3.09. The average molecular weight is 368 g/mol. The van der Waals surface area contributed by atoms with Crippen LogP contribution in [0.15, 0.2) is 67.1 Å². The fraction of sp³-hybridized carbons (Fsp3) is 0.136.